The number of phenols is 2. The number of aromatic hydroxyl groups is 2. The Balaban J connectivity index is 1.42. The van der Waals surface area contributed by atoms with E-state index < -0.39 is 45.2 Å². The number of nitrogens with zero attached hydrogens (tertiary/aromatic N) is 2. The number of allylic oxidation sites excluding steroid dienone is 2. The van der Waals surface area contributed by atoms with Gasteiger partial charge in [-0.05, 0) is 61.1 Å². The molecule has 2 aromatic rings. The van der Waals surface area contributed by atoms with Gasteiger partial charge >= 0.3 is 0 Å². The number of amides is 4. The first kappa shape index (κ1) is 27.3. The maximum absolute atomic E-state index is 13.9. The molecule has 208 valence electrons. The summed E-state index contributed by atoms with van der Waals surface area (Å²) in [6.07, 6.45) is 2.40. The van der Waals surface area contributed by atoms with Gasteiger partial charge in [-0.25, -0.2) is 0 Å². The second-order valence-electron chi connectivity index (χ2n) is 10.9. The first-order chi connectivity index (χ1) is 18.9. The number of carbonyl (C=O) groups excluding carboxylic acids is 4. The SMILES string of the molecule is CN1C(=O)C2(Cl)CC3C(=CCC4C(=O)N(CCc5ccc(O)cc5)C(=O)C43)C(c3cc(Br)ccc3O)C2(Cl)C1=O. The van der Waals surface area contributed by atoms with Gasteiger partial charge in [-0.2, -0.15) is 0 Å². The van der Waals surface area contributed by atoms with Gasteiger partial charge in [-0.1, -0.05) is 39.7 Å². The number of fused-ring (bicyclic) bond motifs is 4. The van der Waals surface area contributed by atoms with Crippen LogP contribution in [0.15, 0.2) is 58.6 Å². The van der Waals surface area contributed by atoms with Crippen LogP contribution < -0.4 is 0 Å². The number of carbonyl (C=O) groups is 4. The second-order valence-corrected chi connectivity index (χ2v) is 13.1. The average molecular weight is 648 g/mol. The summed E-state index contributed by atoms with van der Waals surface area (Å²) in [5, 5.41) is 20.5. The molecule has 0 aromatic heterocycles. The molecule has 3 fully saturated rings. The molecule has 4 amide bonds. The van der Waals surface area contributed by atoms with E-state index in [1.54, 1.807) is 36.4 Å². The van der Waals surface area contributed by atoms with Crippen molar-refractivity contribution in [3.05, 3.63) is 69.7 Å². The third-order valence-electron chi connectivity index (χ3n) is 8.97. The molecule has 2 aliphatic heterocycles. The summed E-state index contributed by atoms with van der Waals surface area (Å²) in [5.74, 6) is -5.07. The lowest BCUT2D eigenvalue weighted by atomic mass is 9.56. The normalized spacial score (nSPS) is 33.1. The van der Waals surface area contributed by atoms with Gasteiger partial charge in [0.15, 0.2) is 9.75 Å². The smallest absolute Gasteiger partial charge is 0.253 e. The average Bonchev–Trinajstić information content (AvgIpc) is 3.24. The van der Waals surface area contributed by atoms with E-state index >= 15 is 0 Å². The van der Waals surface area contributed by atoms with E-state index in [0.717, 1.165) is 10.5 Å². The van der Waals surface area contributed by atoms with Crippen molar-refractivity contribution in [3.63, 3.8) is 0 Å². The minimum absolute atomic E-state index is 0.101. The van der Waals surface area contributed by atoms with Crippen LogP contribution in [0.25, 0.3) is 0 Å². The third kappa shape index (κ3) is 3.63. The molecule has 4 aliphatic rings. The molecule has 8 nitrogen and oxygen atoms in total. The van der Waals surface area contributed by atoms with E-state index in [4.69, 9.17) is 23.2 Å². The van der Waals surface area contributed by atoms with Crippen LogP contribution in [0.5, 0.6) is 11.5 Å². The molecule has 6 rings (SSSR count). The van der Waals surface area contributed by atoms with Gasteiger partial charge in [0, 0.05) is 29.5 Å². The number of halogens is 3. The summed E-state index contributed by atoms with van der Waals surface area (Å²) in [4.78, 5) is 52.8. The number of imide groups is 2. The zero-order valence-corrected chi connectivity index (χ0v) is 24.4. The minimum atomic E-state index is -1.95. The fraction of sp³-hybridized carbons (Fsp3) is 0.379. The van der Waals surface area contributed by atoms with Crippen LogP contribution in [-0.4, -0.2) is 67.0 Å². The number of rotatable bonds is 4. The predicted molar refractivity (Wildman–Crippen MR) is 150 cm³/mol. The minimum Gasteiger partial charge on any atom is -0.508 e. The van der Waals surface area contributed by atoms with Crippen LogP contribution in [0.2, 0.25) is 0 Å². The third-order valence-corrected chi connectivity index (χ3v) is 10.9. The fourth-order valence-corrected chi connectivity index (χ4v) is 8.43. The molecule has 2 saturated heterocycles. The highest BCUT2D eigenvalue weighted by Gasteiger charge is 2.76. The Morgan fingerprint density at radius 3 is 2.38 bits per heavy atom. The van der Waals surface area contributed by atoms with Crippen molar-refractivity contribution < 1.29 is 29.4 Å². The molecule has 2 aromatic carbocycles. The van der Waals surface area contributed by atoms with Crippen molar-refractivity contribution in [1.82, 2.24) is 9.80 Å². The first-order valence-corrected chi connectivity index (χ1v) is 14.5. The Morgan fingerprint density at radius 2 is 1.68 bits per heavy atom. The molecule has 40 heavy (non-hydrogen) atoms. The highest BCUT2D eigenvalue weighted by molar-refractivity contribution is 9.10. The summed E-state index contributed by atoms with van der Waals surface area (Å²) in [7, 11) is 1.32. The van der Waals surface area contributed by atoms with Crippen molar-refractivity contribution in [3.8, 4) is 11.5 Å². The lowest BCUT2D eigenvalue weighted by molar-refractivity contribution is -0.141. The summed E-state index contributed by atoms with van der Waals surface area (Å²) >= 11 is 17.7. The van der Waals surface area contributed by atoms with Crippen molar-refractivity contribution in [1.29, 1.82) is 0 Å². The van der Waals surface area contributed by atoms with Gasteiger partial charge in [0.25, 0.3) is 11.8 Å². The van der Waals surface area contributed by atoms with Crippen LogP contribution in [-0.2, 0) is 25.6 Å². The first-order valence-electron chi connectivity index (χ1n) is 12.9. The highest BCUT2D eigenvalue weighted by Crippen LogP contribution is 2.66. The molecular weight excluding hydrogens is 623 g/mol. The monoisotopic (exact) mass is 646 g/mol. The van der Waals surface area contributed by atoms with E-state index in [9.17, 15) is 29.4 Å². The topological polar surface area (TPSA) is 115 Å². The van der Waals surface area contributed by atoms with Crippen LogP contribution in [0.4, 0.5) is 0 Å². The zero-order valence-electron chi connectivity index (χ0n) is 21.3. The standard InChI is InChI=1S/C29H25BrCl2N2O6/c1-33-26(39)28(31)13-20-17(23(29(28,32)27(33)40)19-12-15(30)4-9-21(19)36)7-8-18-22(20)25(38)34(24(18)37)11-10-14-2-5-16(35)6-3-14/h2-7,9,12,18,20,22-23,35-36H,8,10-11,13H2,1H3. The van der Waals surface area contributed by atoms with Crippen LogP contribution in [0, 0.1) is 17.8 Å². The van der Waals surface area contributed by atoms with Crippen LogP contribution >= 0.6 is 39.1 Å². The summed E-state index contributed by atoms with van der Waals surface area (Å²) in [6, 6.07) is 11.3. The number of benzene rings is 2. The molecule has 0 radical (unpaired) electrons. The number of alkyl halides is 2. The molecule has 2 aliphatic carbocycles. The van der Waals surface area contributed by atoms with Crippen LogP contribution in [0.1, 0.15) is 29.9 Å². The van der Waals surface area contributed by atoms with E-state index in [1.807, 2.05) is 6.08 Å². The maximum atomic E-state index is 13.9. The quantitative estimate of drug-likeness (QED) is 0.294. The lowest BCUT2D eigenvalue weighted by Crippen LogP contribution is -2.60. The Labute approximate surface area is 248 Å². The summed E-state index contributed by atoms with van der Waals surface area (Å²) < 4.78 is 0.620. The summed E-state index contributed by atoms with van der Waals surface area (Å²) in [5.41, 5.74) is 1.79. The van der Waals surface area contributed by atoms with Crippen molar-refractivity contribution in [2.45, 2.75) is 34.9 Å². The lowest BCUT2D eigenvalue weighted by Gasteiger charge is -2.50. The Bertz CT molecular complexity index is 1510. The Morgan fingerprint density at radius 1 is 0.975 bits per heavy atom. The largest absolute Gasteiger partial charge is 0.508 e. The predicted octanol–water partition coefficient (Wildman–Crippen LogP) is 4.09. The van der Waals surface area contributed by atoms with Crippen LogP contribution in [0.3, 0.4) is 0 Å². The Hall–Kier alpha value is -2.88. The van der Waals surface area contributed by atoms with E-state index in [-0.39, 0.29) is 42.7 Å². The van der Waals surface area contributed by atoms with Gasteiger partial charge in [0.05, 0.1) is 11.8 Å². The molecule has 6 unspecified atom stereocenters. The molecular formula is C29H25BrCl2N2O6. The maximum Gasteiger partial charge on any atom is 0.253 e. The second kappa shape index (κ2) is 9.33. The van der Waals surface area contributed by atoms with Gasteiger partial charge in [-0.15, -0.1) is 23.2 Å². The van der Waals surface area contributed by atoms with Gasteiger partial charge in [0.2, 0.25) is 11.8 Å². The Kier molecular flexibility index (Phi) is 6.36. The fourth-order valence-electron chi connectivity index (χ4n) is 7.04. The van der Waals surface area contributed by atoms with Crippen molar-refractivity contribution in [2.24, 2.45) is 17.8 Å². The van der Waals surface area contributed by atoms with Gasteiger partial charge < -0.3 is 10.2 Å². The van der Waals surface area contributed by atoms with E-state index in [0.29, 0.717) is 22.0 Å². The molecule has 1 saturated carbocycles. The molecule has 6 atom stereocenters. The number of phenolic OH excluding ortho intramolecular Hbond substituents is 2. The molecule has 2 N–H and O–H groups in total. The number of likely N-dealkylation sites (tertiary alicyclic amines) is 2. The van der Waals surface area contributed by atoms with Crippen molar-refractivity contribution in [2.75, 3.05) is 13.6 Å². The molecule has 11 heteroatoms. The molecule has 0 bridgehead atoms. The van der Waals surface area contributed by atoms with E-state index in [1.165, 1.54) is 18.0 Å². The van der Waals surface area contributed by atoms with E-state index in [2.05, 4.69) is 15.9 Å². The van der Waals surface area contributed by atoms with Gasteiger partial charge in [0.1, 0.15) is 11.5 Å². The number of hydrogen-bond donors (Lipinski definition) is 2. The molecule has 2 heterocycles. The molecule has 0 spiro atoms. The van der Waals surface area contributed by atoms with Gasteiger partial charge in [-0.3, -0.25) is 29.0 Å². The highest BCUT2D eigenvalue weighted by atomic mass is 79.9. The summed E-state index contributed by atoms with van der Waals surface area (Å²) in [6.45, 7) is 0.166. The van der Waals surface area contributed by atoms with Crippen molar-refractivity contribution >= 4 is 62.8 Å². The number of hydrogen-bond acceptors (Lipinski definition) is 6. The zero-order chi connectivity index (χ0) is 28.7.